The number of tetrazole rings is 2. The molecule has 0 amide bonds. The number of rotatable bonds is 10. The second-order valence-corrected chi connectivity index (χ2v) is 8.86. The number of benzene rings is 2. The van der Waals surface area contributed by atoms with Crippen LogP contribution in [0, 0.1) is 20.2 Å². The summed E-state index contributed by atoms with van der Waals surface area (Å²) in [4.78, 5) is 22.1. The number of non-ortho nitro benzene ring substituents is 2. The van der Waals surface area contributed by atoms with E-state index in [0.29, 0.717) is 39.6 Å². The number of hydrogen-bond acceptors (Lipinski definition) is 11. The molecule has 0 spiro atoms. The molecule has 0 saturated heterocycles. The first-order chi connectivity index (χ1) is 16.8. The van der Waals surface area contributed by atoms with Gasteiger partial charge in [-0.25, -0.2) is 0 Å². The standard InChI is InChI=1S/C18H14Cl2N10O4S/c19-15-4-3-12(10-16(15)20)28-18(22-24-26-28)35-6-2-1-5-27-23-17(21-25-27)11-7-13(29(31)32)9-14(8-11)30(33)34/h3-4,7-10H,1-2,5-6H2. The van der Waals surface area contributed by atoms with Gasteiger partial charge in [0, 0.05) is 23.4 Å². The van der Waals surface area contributed by atoms with Crippen LogP contribution in [0.25, 0.3) is 17.1 Å². The molecule has 180 valence electrons. The number of aryl methyl sites for hydroxylation is 1. The molecule has 0 unspecified atom stereocenters. The average Bonchev–Trinajstić information content (AvgIpc) is 3.50. The highest BCUT2D eigenvalue weighted by molar-refractivity contribution is 7.99. The van der Waals surface area contributed by atoms with E-state index < -0.39 is 21.2 Å². The number of aromatic nitrogens is 8. The van der Waals surface area contributed by atoms with Crippen molar-refractivity contribution >= 4 is 46.3 Å². The van der Waals surface area contributed by atoms with Gasteiger partial charge in [-0.3, -0.25) is 20.2 Å². The molecule has 4 aromatic rings. The predicted molar refractivity (Wildman–Crippen MR) is 126 cm³/mol. The number of halogens is 2. The van der Waals surface area contributed by atoms with E-state index in [1.165, 1.54) is 28.7 Å². The van der Waals surface area contributed by atoms with Gasteiger partial charge in [0.1, 0.15) is 0 Å². The summed E-state index contributed by atoms with van der Waals surface area (Å²) in [5, 5.41) is 47.3. The van der Waals surface area contributed by atoms with Gasteiger partial charge < -0.3 is 0 Å². The van der Waals surface area contributed by atoms with Crippen LogP contribution in [-0.4, -0.2) is 56.0 Å². The summed E-state index contributed by atoms with van der Waals surface area (Å²) in [6.07, 6.45) is 1.48. The number of nitro benzene ring substituents is 2. The largest absolute Gasteiger partial charge is 0.277 e. The lowest BCUT2D eigenvalue weighted by atomic mass is 10.1. The number of thioether (sulfide) groups is 1. The Labute approximate surface area is 210 Å². The van der Waals surface area contributed by atoms with Crippen molar-refractivity contribution in [1.82, 2.24) is 40.4 Å². The van der Waals surface area contributed by atoms with Crippen LogP contribution in [0.1, 0.15) is 12.8 Å². The Hall–Kier alpha value is -3.69. The Morgan fingerprint density at radius 3 is 2.34 bits per heavy atom. The summed E-state index contributed by atoms with van der Waals surface area (Å²) in [5.74, 6) is 0.771. The highest BCUT2D eigenvalue weighted by Crippen LogP contribution is 2.28. The lowest BCUT2D eigenvalue weighted by molar-refractivity contribution is -0.394. The predicted octanol–water partition coefficient (Wildman–Crippen LogP) is 4.01. The first kappa shape index (κ1) is 24.4. The fraction of sp³-hybridized carbons (Fsp3) is 0.222. The molecule has 17 heteroatoms. The maximum Gasteiger partial charge on any atom is 0.277 e. The minimum atomic E-state index is -0.712. The van der Waals surface area contributed by atoms with Crippen LogP contribution in [0.4, 0.5) is 11.4 Å². The lowest BCUT2D eigenvalue weighted by Gasteiger charge is -2.05. The van der Waals surface area contributed by atoms with Crippen molar-refractivity contribution in [3.63, 3.8) is 0 Å². The first-order valence-electron chi connectivity index (χ1n) is 9.90. The van der Waals surface area contributed by atoms with Crippen molar-refractivity contribution in [2.75, 3.05) is 5.75 Å². The van der Waals surface area contributed by atoms with Crippen molar-refractivity contribution in [3.8, 4) is 17.1 Å². The second kappa shape index (κ2) is 10.7. The Bertz CT molecular complexity index is 1360. The SMILES string of the molecule is O=[N+]([O-])c1cc(-c2nnn(CCCCSc3nnnn3-c3ccc(Cl)c(Cl)c3)n2)cc([N+](=O)[O-])c1. The van der Waals surface area contributed by atoms with E-state index in [1.54, 1.807) is 22.9 Å². The van der Waals surface area contributed by atoms with Crippen LogP contribution in [0.2, 0.25) is 10.0 Å². The Morgan fingerprint density at radius 1 is 0.914 bits per heavy atom. The van der Waals surface area contributed by atoms with Crippen LogP contribution in [0.15, 0.2) is 41.6 Å². The minimum absolute atomic E-state index is 0.0620. The van der Waals surface area contributed by atoms with Gasteiger partial charge in [-0.15, -0.1) is 15.3 Å². The maximum atomic E-state index is 11.1. The van der Waals surface area contributed by atoms with Gasteiger partial charge in [-0.05, 0) is 46.7 Å². The summed E-state index contributed by atoms with van der Waals surface area (Å²) in [6, 6.07) is 8.32. The number of nitro groups is 2. The van der Waals surface area contributed by atoms with Crippen LogP contribution >= 0.6 is 35.0 Å². The number of nitrogens with zero attached hydrogens (tertiary/aromatic N) is 10. The molecule has 0 saturated carbocycles. The molecule has 14 nitrogen and oxygen atoms in total. The van der Waals surface area contributed by atoms with E-state index in [0.717, 1.165) is 12.5 Å². The van der Waals surface area contributed by atoms with Gasteiger partial charge >= 0.3 is 0 Å². The Kier molecular flexibility index (Phi) is 7.48. The zero-order valence-electron chi connectivity index (χ0n) is 17.6. The van der Waals surface area contributed by atoms with E-state index >= 15 is 0 Å². The van der Waals surface area contributed by atoms with Crippen molar-refractivity contribution in [3.05, 3.63) is 66.7 Å². The Morgan fingerprint density at radius 2 is 1.66 bits per heavy atom. The molecule has 0 N–H and O–H groups in total. The summed E-state index contributed by atoms with van der Waals surface area (Å²) < 4.78 is 1.57. The van der Waals surface area contributed by atoms with E-state index in [9.17, 15) is 20.2 Å². The molecule has 0 fully saturated rings. The second-order valence-electron chi connectivity index (χ2n) is 6.99. The van der Waals surface area contributed by atoms with Crippen molar-refractivity contribution in [2.24, 2.45) is 0 Å². The van der Waals surface area contributed by atoms with Crippen LogP contribution in [-0.2, 0) is 6.54 Å². The highest BCUT2D eigenvalue weighted by atomic mass is 35.5. The van der Waals surface area contributed by atoms with Gasteiger partial charge in [-0.1, -0.05) is 35.0 Å². The summed E-state index contributed by atoms with van der Waals surface area (Å²) in [6.45, 7) is 0.433. The normalized spacial score (nSPS) is 11.0. The topological polar surface area (TPSA) is 173 Å². The third-order valence-corrected chi connectivity index (χ3v) is 6.35. The molecule has 0 aliphatic rings. The fourth-order valence-electron chi connectivity index (χ4n) is 2.96. The lowest BCUT2D eigenvalue weighted by Crippen LogP contribution is -2.03. The van der Waals surface area contributed by atoms with Gasteiger partial charge in [0.15, 0.2) is 0 Å². The molecule has 35 heavy (non-hydrogen) atoms. The van der Waals surface area contributed by atoms with E-state index in [1.807, 2.05) is 0 Å². The average molecular weight is 537 g/mol. The van der Waals surface area contributed by atoms with Crippen LogP contribution < -0.4 is 0 Å². The van der Waals surface area contributed by atoms with Crippen molar-refractivity contribution in [2.45, 2.75) is 24.5 Å². The van der Waals surface area contributed by atoms with Gasteiger partial charge in [0.2, 0.25) is 11.0 Å². The minimum Gasteiger partial charge on any atom is -0.258 e. The highest BCUT2D eigenvalue weighted by Gasteiger charge is 2.19. The maximum absolute atomic E-state index is 11.1. The molecule has 4 rings (SSSR count). The molecule has 2 heterocycles. The van der Waals surface area contributed by atoms with E-state index in [4.69, 9.17) is 23.2 Å². The smallest absolute Gasteiger partial charge is 0.258 e. The summed E-state index contributed by atoms with van der Waals surface area (Å²) in [7, 11) is 0. The van der Waals surface area contributed by atoms with Crippen molar-refractivity contribution in [1.29, 1.82) is 0 Å². The summed E-state index contributed by atoms with van der Waals surface area (Å²) >= 11 is 13.5. The van der Waals surface area contributed by atoms with E-state index in [-0.39, 0.29) is 11.4 Å². The zero-order valence-corrected chi connectivity index (χ0v) is 19.9. The van der Waals surface area contributed by atoms with Crippen molar-refractivity contribution < 1.29 is 9.85 Å². The molecular formula is C18H14Cl2N10O4S. The third kappa shape index (κ3) is 5.87. The van der Waals surface area contributed by atoms with Crippen LogP contribution in [0.5, 0.6) is 0 Å². The summed E-state index contributed by atoms with van der Waals surface area (Å²) in [5.41, 5.74) is -0.0222. The fourth-order valence-corrected chi connectivity index (χ4v) is 4.14. The van der Waals surface area contributed by atoms with Gasteiger partial charge in [0.25, 0.3) is 11.4 Å². The molecule has 0 aliphatic heterocycles. The third-order valence-electron chi connectivity index (χ3n) is 4.61. The van der Waals surface area contributed by atoms with Crippen LogP contribution in [0.3, 0.4) is 0 Å². The molecule has 0 radical (unpaired) electrons. The molecule has 0 bridgehead atoms. The zero-order chi connectivity index (χ0) is 24.9. The number of hydrogen-bond donors (Lipinski definition) is 0. The Balaban J connectivity index is 1.33. The molecule has 2 aromatic heterocycles. The molecular weight excluding hydrogens is 523 g/mol. The number of unbranched alkanes of at least 4 members (excludes halogenated alkanes) is 1. The first-order valence-corrected chi connectivity index (χ1v) is 11.6. The molecule has 0 aliphatic carbocycles. The molecule has 2 aromatic carbocycles. The quantitative estimate of drug-likeness (QED) is 0.124. The van der Waals surface area contributed by atoms with Gasteiger partial charge in [-0.2, -0.15) is 9.48 Å². The van der Waals surface area contributed by atoms with Gasteiger partial charge in [0.05, 0.1) is 38.2 Å². The monoisotopic (exact) mass is 536 g/mol. The molecule has 0 atom stereocenters. The van der Waals surface area contributed by atoms with E-state index in [2.05, 4.69) is 30.9 Å².